The van der Waals surface area contributed by atoms with Gasteiger partial charge in [-0.15, -0.1) is 0 Å². The average molecular weight is 615 g/mol. The van der Waals surface area contributed by atoms with Crippen molar-refractivity contribution >= 4 is 17.9 Å². The molecule has 1 aromatic carbocycles. The molecule has 0 radical (unpaired) electrons. The van der Waals surface area contributed by atoms with E-state index in [2.05, 4.69) is 9.97 Å². The predicted octanol–water partition coefficient (Wildman–Crippen LogP) is -6.75. The zero-order valence-electron chi connectivity index (χ0n) is 20.5. The van der Waals surface area contributed by atoms with Gasteiger partial charge in [0.15, 0.2) is 0 Å². The Morgan fingerprint density at radius 3 is 1.13 bits per heavy atom. The Balaban J connectivity index is -0.0000000525. The average Bonchev–Trinajstić information content (AvgIpc) is 2.68. The summed E-state index contributed by atoms with van der Waals surface area (Å²) in [5.74, 6) is -4.73. The molecule has 2 heterocycles. The van der Waals surface area contributed by atoms with Gasteiger partial charge >= 0.3 is 22.5 Å². The molecule has 0 saturated carbocycles. The molecule has 18 heteroatoms. The van der Waals surface area contributed by atoms with E-state index in [1.807, 2.05) is 50.2 Å². The van der Waals surface area contributed by atoms with Crippen molar-refractivity contribution in [3.8, 4) is 11.4 Å². The van der Waals surface area contributed by atoms with E-state index in [1.54, 1.807) is 0 Å². The van der Waals surface area contributed by atoms with Gasteiger partial charge in [-0.2, -0.15) is 0 Å². The van der Waals surface area contributed by atoms with Crippen molar-refractivity contribution in [1.29, 1.82) is 0 Å². The molecule has 0 aliphatic rings. The molecule has 228 valence electrons. The molecule has 0 amide bonds. The van der Waals surface area contributed by atoms with Gasteiger partial charge in [0.05, 0.1) is 28.9 Å². The zero-order valence-corrected chi connectivity index (χ0v) is 21.5. The molecule has 0 spiro atoms. The fraction of sp³-hybridized carbons (Fsp3) is 0.0952. The second-order valence-electron chi connectivity index (χ2n) is 6.01. The van der Waals surface area contributed by atoms with Crippen molar-refractivity contribution in [2.75, 3.05) is 0 Å². The minimum absolute atomic E-state index is 0. The Labute approximate surface area is 231 Å². The second kappa shape index (κ2) is 27.1. The molecule has 21 N–H and O–H groups in total. The smallest absolute Gasteiger partial charge is 0.545 e. The number of aromatic carboxylic acids is 3. The van der Waals surface area contributed by atoms with Gasteiger partial charge in [-0.1, -0.05) is 12.1 Å². The normalized spacial score (nSPS) is 7.33. The third-order valence-electron chi connectivity index (χ3n) is 3.69. The first kappa shape index (κ1) is 59.9. The maximum Gasteiger partial charge on any atom is 2.00 e. The van der Waals surface area contributed by atoms with E-state index in [0.717, 1.165) is 41.0 Å². The van der Waals surface area contributed by atoms with Gasteiger partial charge in [-0.25, -0.2) is 4.79 Å². The van der Waals surface area contributed by atoms with E-state index < -0.39 is 34.6 Å². The number of benzene rings is 1. The molecule has 39 heavy (non-hydrogen) atoms. The monoisotopic (exact) mass is 614 g/mol. The SMILES string of the molecule is Cc1cccc(-c2cccc(C)n2)n1.O.O.O.O.O.O.O.O=C([O-])c1cc(C(=O)[O-])cc(C(=O)O)c1.[Ni+2].[OH3+].[OH3+]. The van der Waals surface area contributed by atoms with Crippen LogP contribution >= 0.6 is 0 Å². The standard InChI is InChI=1S/C12H12N2.C9H6O6.Ni.9H2O/c1-9-5-3-7-11(13-9)12-8-4-6-10(2)14-12;10-7(11)4-1-5(8(12)13)3-6(2-4)9(14)15;;;;;;;;;;/h3-8H,1-2H3;1-3H,(H,10,11)(H,12,13)(H,14,15);;9*1H2/q;;+2;;;;;;;;;. The summed E-state index contributed by atoms with van der Waals surface area (Å²) < 4.78 is 0. The zero-order chi connectivity index (χ0) is 21.6. The number of carbonyl (C=O) groups is 3. The molecule has 3 rings (SSSR count). The van der Waals surface area contributed by atoms with E-state index in [-0.39, 0.29) is 65.8 Å². The molecule has 3 aromatic rings. The van der Waals surface area contributed by atoms with Crippen molar-refractivity contribution in [3.63, 3.8) is 0 Å². The Hall–Kier alpha value is -3.94. The summed E-state index contributed by atoms with van der Waals surface area (Å²) in [5.41, 5.74) is 2.43. The number of carboxylic acids is 3. The molecule has 0 aliphatic heterocycles. The molecule has 0 fully saturated rings. The first-order valence-electron chi connectivity index (χ1n) is 8.36. The quantitative estimate of drug-likeness (QED) is 0.216. The largest absolute Gasteiger partial charge is 2.00 e. The van der Waals surface area contributed by atoms with Crippen LogP contribution in [0.5, 0.6) is 0 Å². The Morgan fingerprint density at radius 1 is 0.615 bits per heavy atom. The van der Waals surface area contributed by atoms with E-state index in [1.165, 1.54) is 0 Å². The summed E-state index contributed by atoms with van der Waals surface area (Å²) in [6, 6.07) is 14.3. The van der Waals surface area contributed by atoms with Gasteiger partial charge < -0.3 is 74.2 Å². The number of aromatic nitrogens is 2. The minimum Gasteiger partial charge on any atom is -0.545 e. The number of aryl methyl sites for hydroxylation is 2. The number of hydrogen-bond acceptors (Lipinski definition) is 7. The summed E-state index contributed by atoms with van der Waals surface area (Å²) >= 11 is 0. The van der Waals surface area contributed by atoms with Crippen LogP contribution in [-0.4, -0.2) is 71.3 Å². The van der Waals surface area contributed by atoms with Crippen LogP contribution in [0.15, 0.2) is 54.6 Å². The number of carboxylic acid groups (broad SMARTS) is 3. The van der Waals surface area contributed by atoms with Crippen LogP contribution < -0.4 is 10.2 Å². The molecular weight excluding hydrogens is 579 g/mol. The molecule has 0 saturated heterocycles. The summed E-state index contributed by atoms with van der Waals surface area (Å²) in [5, 5.41) is 29.4. The van der Waals surface area contributed by atoms with Crippen molar-refractivity contribution in [2.45, 2.75) is 13.8 Å². The van der Waals surface area contributed by atoms with Crippen LogP contribution in [0.1, 0.15) is 42.5 Å². The Morgan fingerprint density at radius 2 is 0.897 bits per heavy atom. The van der Waals surface area contributed by atoms with Crippen molar-refractivity contribution in [3.05, 3.63) is 82.7 Å². The van der Waals surface area contributed by atoms with E-state index in [9.17, 15) is 24.6 Å². The van der Waals surface area contributed by atoms with Gasteiger partial charge in [0.25, 0.3) is 0 Å². The van der Waals surface area contributed by atoms with Crippen molar-refractivity contribution < 1.29 is 95.5 Å². The van der Waals surface area contributed by atoms with Gasteiger partial charge in [0.2, 0.25) is 0 Å². The van der Waals surface area contributed by atoms with Gasteiger partial charge in [0, 0.05) is 11.4 Å². The van der Waals surface area contributed by atoms with E-state index in [0.29, 0.717) is 0 Å². The molecule has 0 unspecified atom stereocenters. The van der Waals surface area contributed by atoms with Crippen LogP contribution in [0.25, 0.3) is 11.4 Å². The third-order valence-corrected chi connectivity index (χ3v) is 3.69. The molecule has 0 atom stereocenters. The van der Waals surface area contributed by atoms with Crippen LogP contribution in [0.4, 0.5) is 0 Å². The van der Waals surface area contributed by atoms with Crippen molar-refractivity contribution in [1.82, 2.24) is 9.97 Å². The number of hydrogen-bond donors (Lipinski definition) is 1. The fourth-order valence-corrected chi connectivity index (χ4v) is 2.36. The summed E-state index contributed by atoms with van der Waals surface area (Å²) in [4.78, 5) is 40.2. The van der Waals surface area contributed by atoms with E-state index in [4.69, 9.17) is 5.11 Å². The predicted molar refractivity (Wildman–Crippen MR) is 134 cm³/mol. The Kier molecular flexibility index (Phi) is 41.6. The summed E-state index contributed by atoms with van der Waals surface area (Å²) in [6.45, 7) is 3.97. The number of nitrogens with zero attached hydrogens (tertiary/aromatic N) is 2. The van der Waals surface area contributed by atoms with E-state index >= 15 is 0 Å². The van der Waals surface area contributed by atoms with Crippen LogP contribution in [0.3, 0.4) is 0 Å². The maximum absolute atomic E-state index is 10.5. The molecule has 2 aromatic heterocycles. The fourth-order valence-electron chi connectivity index (χ4n) is 2.36. The second-order valence-corrected chi connectivity index (χ2v) is 6.01. The minimum atomic E-state index is -1.65. The van der Waals surface area contributed by atoms with Crippen LogP contribution in [0, 0.1) is 13.8 Å². The Bertz CT molecular complexity index is 978. The van der Waals surface area contributed by atoms with Gasteiger partial charge in [-0.05, 0) is 67.4 Å². The molecule has 0 aliphatic carbocycles. The number of carbonyl (C=O) groups excluding carboxylic acids is 2. The first-order chi connectivity index (χ1) is 13.7. The topological polar surface area (TPSA) is 430 Å². The first-order valence-corrected chi connectivity index (χ1v) is 8.36. The van der Waals surface area contributed by atoms with Gasteiger partial charge in [0.1, 0.15) is 0 Å². The maximum atomic E-state index is 10.5. The van der Waals surface area contributed by atoms with Crippen molar-refractivity contribution in [2.24, 2.45) is 0 Å². The summed E-state index contributed by atoms with van der Waals surface area (Å²) in [7, 11) is 0. The van der Waals surface area contributed by atoms with Crippen LogP contribution in [0.2, 0.25) is 0 Å². The van der Waals surface area contributed by atoms with Gasteiger partial charge in [-0.3, -0.25) is 9.97 Å². The summed E-state index contributed by atoms with van der Waals surface area (Å²) in [6.07, 6.45) is 0. The number of rotatable bonds is 4. The molecule has 0 bridgehead atoms. The third kappa shape index (κ3) is 18.0. The number of pyridine rings is 2. The molecular formula is C21H36N2NiO15+2. The molecule has 17 nitrogen and oxygen atoms in total. The van der Waals surface area contributed by atoms with Crippen LogP contribution in [-0.2, 0) is 27.4 Å².